The molecule has 0 aliphatic carbocycles. The van der Waals surface area contributed by atoms with Gasteiger partial charge in [-0.2, -0.15) is 0 Å². The van der Waals surface area contributed by atoms with E-state index in [1.165, 1.54) is 0 Å². The lowest BCUT2D eigenvalue weighted by Gasteiger charge is -2.11. The van der Waals surface area contributed by atoms with E-state index in [2.05, 4.69) is 6.92 Å². The molecule has 2 atom stereocenters. The van der Waals surface area contributed by atoms with Crippen molar-refractivity contribution in [2.75, 3.05) is 0 Å². The lowest BCUT2D eigenvalue weighted by Crippen LogP contribution is -2.21. The van der Waals surface area contributed by atoms with Gasteiger partial charge in [-0.3, -0.25) is 0 Å². The van der Waals surface area contributed by atoms with Gasteiger partial charge in [0.05, 0.1) is 12.2 Å². The largest absolute Gasteiger partial charge is 0.391 e. The zero-order valence-corrected chi connectivity index (χ0v) is 6.17. The van der Waals surface area contributed by atoms with Crippen molar-refractivity contribution in [1.82, 2.24) is 0 Å². The monoisotopic (exact) mass is 132 g/mol. The highest BCUT2D eigenvalue weighted by molar-refractivity contribution is 4.60. The van der Waals surface area contributed by atoms with Crippen molar-refractivity contribution in [2.24, 2.45) is 0 Å². The van der Waals surface area contributed by atoms with Gasteiger partial charge in [0.2, 0.25) is 0 Å². The molecule has 0 spiro atoms. The van der Waals surface area contributed by atoms with Crippen LogP contribution in [0.15, 0.2) is 0 Å². The van der Waals surface area contributed by atoms with Gasteiger partial charge >= 0.3 is 0 Å². The first-order valence-electron chi connectivity index (χ1n) is 3.54. The maximum absolute atomic E-state index is 9.01. The molecule has 0 aromatic carbocycles. The fraction of sp³-hybridized carbons (Fsp3) is 1.00. The number of unbranched alkanes of at least 4 members (excludes halogenated alkanes) is 1. The SMILES string of the molecule is CCCCC(O)C(C)O. The van der Waals surface area contributed by atoms with E-state index in [1.54, 1.807) is 6.92 Å². The molecule has 0 aromatic rings. The van der Waals surface area contributed by atoms with Gasteiger partial charge in [0.15, 0.2) is 0 Å². The van der Waals surface area contributed by atoms with Crippen LogP contribution in [0.25, 0.3) is 0 Å². The van der Waals surface area contributed by atoms with Crippen molar-refractivity contribution in [3.8, 4) is 0 Å². The third-order valence-corrected chi connectivity index (χ3v) is 1.41. The fourth-order valence-corrected chi connectivity index (χ4v) is 0.654. The predicted molar refractivity (Wildman–Crippen MR) is 37.2 cm³/mol. The second kappa shape index (κ2) is 4.77. The number of hydrogen-bond donors (Lipinski definition) is 2. The highest BCUT2D eigenvalue weighted by Crippen LogP contribution is 2.03. The number of rotatable bonds is 4. The smallest absolute Gasteiger partial charge is 0.0796 e. The van der Waals surface area contributed by atoms with Crippen LogP contribution in [0.2, 0.25) is 0 Å². The molecule has 9 heavy (non-hydrogen) atoms. The lowest BCUT2D eigenvalue weighted by molar-refractivity contribution is 0.0250. The summed E-state index contributed by atoms with van der Waals surface area (Å²) in [5, 5.41) is 17.8. The van der Waals surface area contributed by atoms with Crippen LogP contribution in [0.1, 0.15) is 33.1 Å². The number of aliphatic hydroxyl groups excluding tert-OH is 2. The molecular formula is C7H16O2. The molecule has 2 N–H and O–H groups in total. The van der Waals surface area contributed by atoms with Crippen LogP contribution in [0.3, 0.4) is 0 Å². The third kappa shape index (κ3) is 4.43. The molecule has 0 bridgehead atoms. The Morgan fingerprint density at radius 1 is 1.33 bits per heavy atom. The first-order valence-corrected chi connectivity index (χ1v) is 3.54. The van der Waals surface area contributed by atoms with E-state index in [0.29, 0.717) is 6.42 Å². The minimum absolute atomic E-state index is 0.523. The van der Waals surface area contributed by atoms with Gasteiger partial charge in [-0.15, -0.1) is 0 Å². The highest BCUT2D eigenvalue weighted by Gasteiger charge is 2.08. The highest BCUT2D eigenvalue weighted by atomic mass is 16.3. The van der Waals surface area contributed by atoms with Gasteiger partial charge in [-0.1, -0.05) is 19.8 Å². The first kappa shape index (κ1) is 8.92. The minimum Gasteiger partial charge on any atom is -0.391 e. The van der Waals surface area contributed by atoms with Gasteiger partial charge in [0.1, 0.15) is 0 Å². The van der Waals surface area contributed by atoms with Gasteiger partial charge in [0, 0.05) is 0 Å². The summed E-state index contributed by atoms with van der Waals surface area (Å²) in [6.45, 7) is 3.68. The van der Waals surface area contributed by atoms with E-state index >= 15 is 0 Å². The van der Waals surface area contributed by atoms with E-state index < -0.39 is 12.2 Å². The Labute approximate surface area is 56.5 Å². The quantitative estimate of drug-likeness (QED) is 0.597. The second-order valence-electron chi connectivity index (χ2n) is 2.45. The Balaban J connectivity index is 3.16. The molecule has 0 aliphatic rings. The normalized spacial score (nSPS) is 17.3. The molecule has 2 heteroatoms. The Kier molecular flexibility index (Phi) is 4.72. The molecule has 2 unspecified atom stereocenters. The molecule has 0 fully saturated rings. The predicted octanol–water partition coefficient (Wildman–Crippen LogP) is 0.918. The average Bonchev–Trinajstić information content (AvgIpc) is 1.82. The first-order chi connectivity index (χ1) is 4.18. The number of aliphatic hydroxyl groups is 2. The topological polar surface area (TPSA) is 40.5 Å². The van der Waals surface area contributed by atoms with E-state index in [4.69, 9.17) is 10.2 Å². The number of hydrogen-bond acceptors (Lipinski definition) is 2. The van der Waals surface area contributed by atoms with E-state index in [0.717, 1.165) is 12.8 Å². The molecular weight excluding hydrogens is 116 g/mol. The van der Waals surface area contributed by atoms with Gasteiger partial charge < -0.3 is 10.2 Å². The molecule has 0 heterocycles. The zero-order chi connectivity index (χ0) is 7.28. The molecule has 0 radical (unpaired) electrons. The Hall–Kier alpha value is -0.0800. The molecule has 0 aliphatic heterocycles. The van der Waals surface area contributed by atoms with Crippen LogP contribution in [0.4, 0.5) is 0 Å². The molecule has 0 rings (SSSR count). The maximum Gasteiger partial charge on any atom is 0.0796 e. The summed E-state index contributed by atoms with van der Waals surface area (Å²) in [4.78, 5) is 0. The summed E-state index contributed by atoms with van der Waals surface area (Å²) in [6, 6.07) is 0. The van der Waals surface area contributed by atoms with Crippen LogP contribution in [-0.4, -0.2) is 22.4 Å². The molecule has 2 nitrogen and oxygen atoms in total. The summed E-state index contributed by atoms with van der Waals surface area (Å²) in [7, 11) is 0. The van der Waals surface area contributed by atoms with Crippen molar-refractivity contribution in [2.45, 2.75) is 45.3 Å². The van der Waals surface area contributed by atoms with Gasteiger partial charge in [-0.05, 0) is 13.3 Å². The average molecular weight is 132 g/mol. The Bertz CT molecular complexity index is 61.9. The zero-order valence-electron chi connectivity index (χ0n) is 6.17. The lowest BCUT2D eigenvalue weighted by atomic mass is 10.1. The molecule has 0 saturated carbocycles. The van der Waals surface area contributed by atoms with Crippen molar-refractivity contribution in [3.05, 3.63) is 0 Å². The van der Waals surface area contributed by atoms with Crippen LogP contribution in [0.5, 0.6) is 0 Å². The second-order valence-corrected chi connectivity index (χ2v) is 2.45. The molecule has 0 saturated heterocycles. The van der Waals surface area contributed by atoms with Crippen LogP contribution in [0, 0.1) is 0 Å². The third-order valence-electron chi connectivity index (χ3n) is 1.41. The van der Waals surface area contributed by atoms with Crippen molar-refractivity contribution >= 4 is 0 Å². The summed E-state index contributed by atoms with van der Waals surface area (Å²) in [5.74, 6) is 0. The standard InChI is InChI=1S/C7H16O2/c1-3-4-5-7(9)6(2)8/h6-9H,3-5H2,1-2H3. The van der Waals surface area contributed by atoms with Crippen molar-refractivity contribution in [1.29, 1.82) is 0 Å². The van der Waals surface area contributed by atoms with Crippen LogP contribution >= 0.6 is 0 Å². The van der Waals surface area contributed by atoms with Crippen molar-refractivity contribution in [3.63, 3.8) is 0 Å². The van der Waals surface area contributed by atoms with E-state index in [1.807, 2.05) is 0 Å². The summed E-state index contributed by atoms with van der Waals surface area (Å²) < 4.78 is 0. The summed E-state index contributed by atoms with van der Waals surface area (Å²) >= 11 is 0. The summed E-state index contributed by atoms with van der Waals surface area (Å²) in [5.41, 5.74) is 0. The van der Waals surface area contributed by atoms with Crippen LogP contribution < -0.4 is 0 Å². The minimum atomic E-state index is -0.573. The summed E-state index contributed by atoms with van der Waals surface area (Å²) in [6.07, 6.45) is 1.69. The Morgan fingerprint density at radius 2 is 1.89 bits per heavy atom. The Morgan fingerprint density at radius 3 is 2.22 bits per heavy atom. The maximum atomic E-state index is 9.01. The molecule has 0 aromatic heterocycles. The van der Waals surface area contributed by atoms with E-state index in [-0.39, 0.29) is 0 Å². The molecule has 56 valence electrons. The van der Waals surface area contributed by atoms with Gasteiger partial charge in [0.25, 0.3) is 0 Å². The van der Waals surface area contributed by atoms with Gasteiger partial charge in [-0.25, -0.2) is 0 Å². The van der Waals surface area contributed by atoms with Crippen molar-refractivity contribution < 1.29 is 10.2 Å². The van der Waals surface area contributed by atoms with Crippen LogP contribution in [-0.2, 0) is 0 Å². The molecule has 0 amide bonds. The fourth-order valence-electron chi connectivity index (χ4n) is 0.654. The van der Waals surface area contributed by atoms with E-state index in [9.17, 15) is 0 Å².